The Morgan fingerprint density at radius 1 is 0.458 bits per heavy atom. The van der Waals surface area contributed by atoms with Crippen LogP contribution in [0.4, 0.5) is 0 Å². The first-order valence-corrected chi connectivity index (χ1v) is 17.1. The number of benzene rings is 6. The molecule has 0 N–H and O–H groups in total. The van der Waals surface area contributed by atoms with Crippen molar-refractivity contribution in [1.29, 1.82) is 0 Å². The summed E-state index contributed by atoms with van der Waals surface area (Å²) in [6.07, 6.45) is 16.1. The van der Waals surface area contributed by atoms with Crippen molar-refractivity contribution >= 4 is 49.6 Å². The highest BCUT2D eigenvalue weighted by Crippen LogP contribution is 2.42. The summed E-state index contributed by atoms with van der Waals surface area (Å²) in [6.45, 7) is 0. The normalized spacial score (nSPS) is 17.2. The highest BCUT2D eigenvalue weighted by atomic mass is 15.0. The third kappa shape index (κ3) is 4.12. The fraction of sp³-hybridized carbons (Fsp3) is 0.0870. The van der Waals surface area contributed by atoms with Crippen LogP contribution < -0.4 is 0 Å². The van der Waals surface area contributed by atoms with Crippen molar-refractivity contribution in [2.75, 3.05) is 0 Å². The number of hydrogen-bond donors (Lipinski definition) is 0. The summed E-state index contributed by atoms with van der Waals surface area (Å²) in [6, 6.07) is 49.0. The van der Waals surface area contributed by atoms with Gasteiger partial charge in [0, 0.05) is 32.6 Å². The summed E-state index contributed by atoms with van der Waals surface area (Å²) in [5.41, 5.74) is 11.4. The molecular weight excluding hydrogens is 581 g/mol. The summed E-state index contributed by atoms with van der Waals surface area (Å²) >= 11 is 0. The Morgan fingerprint density at radius 3 is 1.85 bits per heavy atom. The Bertz CT molecular complexity index is 2630. The number of nitrogens with zero attached hydrogens (tertiary/aromatic N) is 2. The number of rotatable bonds is 4. The van der Waals surface area contributed by atoms with E-state index < -0.39 is 0 Å². The van der Waals surface area contributed by atoms with Gasteiger partial charge in [0.15, 0.2) is 0 Å². The van der Waals surface area contributed by atoms with Crippen LogP contribution in [0.2, 0.25) is 0 Å². The van der Waals surface area contributed by atoms with Gasteiger partial charge in [0.1, 0.15) is 0 Å². The average Bonchev–Trinajstić information content (AvgIpc) is 3.67. The molecule has 0 radical (unpaired) electrons. The summed E-state index contributed by atoms with van der Waals surface area (Å²) in [7, 11) is 0. The Morgan fingerprint density at radius 2 is 1.10 bits per heavy atom. The van der Waals surface area contributed by atoms with Crippen LogP contribution in [-0.2, 0) is 6.42 Å². The molecule has 2 heterocycles. The van der Waals surface area contributed by atoms with Crippen LogP contribution in [0.15, 0.2) is 164 Å². The topological polar surface area (TPSA) is 9.86 Å². The van der Waals surface area contributed by atoms with Gasteiger partial charge in [0.2, 0.25) is 0 Å². The number of hydrogen-bond acceptors (Lipinski definition) is 0. The summed E-state index contributed by atoms with van der Waals surface area (Å²) < 4.78 is 4.98. The monoisotopic (exact) mass is 614 g/mol. The van der Waals surface area contributed by atoms with Gasteiger partial charge >= 0.3 is 0 Å². The van der Waals surface area contributed by atoms with Crippen molar-refractivity contribution in [2.24, 2.45) is 11.8 Å². The molecule has 0 saturated heterocycles. The maximum atomic E-state index is 2.51. The lowest BCUT2D eigenvalue weighted by atomic mass is 9.80. The van der Waals surface area contributed by atoms with E-state index in [1.807, 2.05) is 0 Å². The van der Waals surface area contributed by atoms with E-state index in [9.17, 15) is 0 Å². The molecule has 10 rings (SSSR count). The molecule has 0 spiro atoms. The minimum absolute atomic E-state index is 0.509. The molecule has 228 valence electrons. The molecule has 2 aliphatic rings. The van der Waals surface area contributed by atoms with Crippen molar-refractivity contribution in [3.63, 3.8) is 0 Å². The third-order valence-corrected chi connectivity index (χ3v) is 10.7. The predicted molar refractivity (Wildman–Crippen MR) is 203 cm³/mol. The van der Waals surface area contributed by atoms with E-state index in [0.29, 0.717) is 11.8 Å². The van der Waals surface area contributed by atoms with Crippen LogP contribution in [0.25, 0.3) is 72.1 Å². The molecule has 6 aromatic carbocycles. The zero-order valence-corrected chi connectivity index (χ0v) is 26.6. The Balaban J connectivity index is 1.18. The second kappa shape index (κ2) is 10.9. The van der Waals surface area contributed by atoms with Crippen LogP contribution >= 0.6 is 0 Å². The Labute approximate surface area is 280 Å². The maximum absolute atomic E-state index is 2.51. The van der Waals surface area contributed by atoms with Crippen LogP contribution in [-0.4, -0.2) is 9.13 Å². The zero-order chi connectivity index (χ0) is 31.6. The summed E-state index contributed by atoms with van der Waals surface area (Å²) in [5, 5.41) is 6.40. The SMILES string of the molecule is C1=CCC(C2C=Cc3c(c4ccccc4n3-c3ccc(-n4c5ccccc5c5cc(-c6ccccc6)ccc54)c4ccccc34)C2)C=C1. The fourth-order valence-corrected chi connectivity index (χ4v) is 8.41. The summed E-state index contributed by atoms with van der Waals surface area (Å²) in [4.78, 5) is 0. The lowest BCUT2D eigenvalue weighted by molar-refractivity contribution is 0.472. The molecule has 0 fully saturated rings. The van der Waals surface area contributed by atoms with Crippen molar-refractivity contribution in [1.82, 2.24) is 9.13 Å². The number of allylic oxidation sites excluding steroid dienone is 5. The van der Waals surface area contributed by atoms with E-state index in [1.54, 1.807) is 0 Å². The van der Waals surface area contributed by atoms with Gasteiger partial charge in [-0.3, -0.25) is 0 Å². The smallest absolute Gasteiger partial charge is 0.0542 e. The molecule has 2 unspecified atom stereocenters. The van der Waals surface area contributed by atoms with Crippen LogP contribution in [0.1, 0.15) is 17.7 Å². The molecular formula is C46H34N2. The fourth-order valence-electron chi connectivity index (χ4n) is 8.41. The molecule has 2 aromatic heterocycles. The minimum atomic E-state index is 0.509. The van der Waals surface area contributed by atoms with Crippen molar-refractivity contribution in [3.05, 3.63) is 175 Å². The van der Waals surface area contributed by atoms with Gasteiger partial charge in [0.05, 0.1) is 27.9 Å². The Kier molecular flexibility index (Phi) is 6.17. The molecule has 2 heteroatoms. The van der Waals surface area contributed by atoms with Gasteiger partial charge in [-0.25, -0.2) is 0 Å². The van der Waals surface area contributed by atoms with Crippen molar-refractivity contribution < 1.29 is 0 Å². The van der Waals surface area contributed by atoms with E-state index in [4.69, 9.17) is 0 Å². The standard InChI is InChI=1S/C46H34N2/c1-3-13-31(14-4-1)33-23-25-45-39(29-33)37-19-9-11-21-41(37)47(45)43-27-28-44(36-18-8-7-17-35(36)43)48-42-22-12-10-20-38(42)40-30-34(24-26-46(40)48)32-15-5-2-6-16-32/h1-15,17-29,32,34H,16,30H2. The second-order valence-corrected chi connectivity index (χ2v) is 13.3. The molecule has 2 atom stereocenters. The average molecular weight is 615 g/mol. The molecule has 8 aromatic rings. The second-order valence-electron chi connectivity index (χ2n) is 13.3. The van der Waals surface area contributed by atoms with E-state index >= 15 is 0 Å². The molecule has 0 aliphatic heterocycles. The molecule has 0 bridgehead atoms. The molecule has 2 aliphatic carbocycles. The first-order valence-electron chi connectivity index (χ1n) is 17.1. The minimum Gasteiger partial charge on any atom is -0.309 e. The molecule has 0 saturated carbocycles. The first kappa shape index (κ1) is 27.3. The molecule has 0 amide bonds. The lowest BCUT2D eigenvalue weighted by Gasteiger charge is -2.26. The zero-order valence-electron chi connectivity index (χ0n) is 26.6. The third-order valence-electron chi connectivity index (χ3n) is 10.7. The quantitative estimate of drug-likeness (QED) is 0.187. The van der Waals surface area contributed by atoms with E-state index in [0.717, 1.165) is 12.8 Å². The highest BCUT2D eigenvalue weighted by Gasteiger charge is 2.27. The lowest BCUT2D eigenvalue weighted by Crippen LogP contribution is -2.17. The number of fused-ring (bicyclic) bond motifs is 7. The van der Waals surface area contributed by atoms with Crippen molar-refractivity contribution in [2.45, 2.75) is 12.8 Å². The first-order chi connectivity index (χ1) is 23.8. The van der Waals surface area contributed by atoms with Crippen LogP contribution in [0, 0.1) is 11.8 Å². The summed E-state index contributed by atoms with van der Waals surface area (Å²) in [5.74, 6) is 1.06. The Hall–Kier alpha value is -5.86. The van der Waals surface area contributed by atoms with E-state index in [-0.39, 0.29) is 0 Å². The predicted octanol–water partition coefficient (Wildman–Crippen LogP) is 11.9. The number of para-hydroxylation sites is 2. The number of aromatic nitrogens is 2. The van der Waals surface area contributed by atoms with E-state index in [1.165, 1.54) is 77.2 Å². The van der Waals surface area contributed by atoms with Gasteiger partial charge < -0.3 is 9.13 Å². The van der Waals surface area contributed by atoms with E-state index in [2.05, 4.69) is 179 Å². The van der Waals surface area contributed by atoms with Gasteiger partial charge in [0.25, 0.3) is 0 Å². The molecule has 48 heavy (non-hydrogen) atoms. The van der Waals surface area contributed by atoms with Gasteiger partial charge in [-0.2, -0.15) is 0 Å². The van der Waals surface area contributed by atoms with Crippen LogP contribution in [0.5, 0.6) is 0 Å². The maximum Gasteiger partial charge on any atom is 0.0542 e. The van der Waals surface area contributed by atoms with Crippen LogP contribution in [0.3, 0.4) is 0 Å². The molecule has 2 nitrogen and oxygen atoms in total. The van der Waals surface area contributed by atoms with Crippen molar-refractivity contribution in [3.8, 4) is 22.5 Å². The van der Waals surface area contributed by atoms with Gasteiger partial charge in [-0.05, 0) is 83.8 Å². The largest absolute Gasteiger partial charge is 0.309 e. The van der Waals surface area contributed by atoms with Gasteiger partial charge in [-0.1, -0.05) is 127 Å². The highest BCUT2D eigenvalue weighted by molar-refractivity contribution is 6.12. The van der Waals surface area contributed by atoms with Gasteiger partial charge in [-0.15, -0.1) is 0 Å².